The fourth-order valence-corrected chi connectivity index (χ4v) is 4.73. The van der Waals surface area contributed by atoms with Gasteiger partial charge in [-0.05, 0) is 42.5 Å². The number of sulfone groups is 1. The maximum absolute atomic E-state index is 14.4. The van der Waals surface area contributed by atoms with E-state index in [1.165, 1.54) is 29.8 Å². The molecule has 1 N–H and O–H groups in total. The van der Waals surface area contributed by atoms with Crippen LogP contribution >= 0.6 is 11.3 Å². The fraction of sp³-hybridized carbons (Fsp3) is 0.0476. The molecule has 0 amide bonds. The molecule has 3 aromatic heterocycles. The van der Waals surface area contributed by atoms with Gasteiger partial charge in [-0.15, -0.1) is 0 Å². The molecule has 0 aliphatic heterocycles. The van der Waals surface area contributed by atoms with Gasteiger partial charge in [-0.3, -0.25) is 0 Å². The summed E-state index contributed by atoms with van der Waals surface area (Å²) in [5, 5.41) is 4.35. The molecule has 11 heteroatoms. The number of hydrogen-bond acceptors (Lipinski definition) is 9. The van der Waals surface area contributed by atoms with E-state index in [4.69, 9.17) is 4.74 Å². The smallest absolute Gasteiger partial charge is 0.190 e. The summed E-state index contributed by atoms with van der Waals surface area (Å²) in [6.45, 7) is 0. The first-order valence-electron chi connectivity index (χ1n) is 9.28. The Morgan fingerprint density at radius 1 is 1.03 bits per heavy atom. The molecule has 0 saturated heterocycles. The van der Waals surface area contributed by atoms with Crippen LogP contribution in [0.5, 0.6) is 11.5 Å². The van der Waals surface area contributed by atoms with Crippen molar-refractivity contribution in [1.82, 2.24) is 19.9 Å². The van der Waals surface area contributed by atoms with Crippen LogP contribution in [0, 0.1) is 5.82 Å². The highest BCUT2D eigenvalue weighted by atomic mass is 32.2. The fourth-order valence-electron chi connectivity index (χ4n) is 3.12. The van der Waals surface area contributed by atoms with Gasteiger partial charge in [0.2, 0.25) is 0 Å². The summed E-state index contributed by atoms with van der Waals surface area (Å²) in [6.07, 6.45) is 4.11. The van der Waals surface area contributed by atoms with Crippen molar-refractivity contribution in [3.05, 3.63) is 66.9 Å². The molecule has 0 fully saturated rings. The minimum atomic E-state index is -3.70. The van der Waals surface area contributed by atoms with E-state index < -0.39 is 15.7 Å². The highest BCUT2D eigenvalue weighted by molar-refractivity contribution is 7.90. The van der Waals surface area contributed by atoms with Crippen molar-refractivity contribution in [3.63, 3.8) is 0 Å². The monoisotopic (exact) mass is 467 g/mol. The maximum Gasteiger partial charge on any atom is 0.190 e. The van der Waals surface area contributed by atoms with Crippen LogP contribution < -0.4 is 10.1 Å². The zero-order chi connectivity index (χ0) is 22.3. The van der Waals surface area contributed by atoms with Crippen molar-refractivity contribution in [3.8, 4) is 11.5 Å². The van der Waals surface area contributed by atoms with Crippen molar-refractivity contribution in [2.24, 2.45) is 0 Å². The van der Waals surface area contributed by atoms with Crippen molar-refractivity contribution >= 4 is 53.4 Å². The lowest BCUT2D eigenvalue weighted by molar-refractivity contribution is 0.428. The zero-order valence-electron chi connectivity index (χ0n) is 16.5. The molecule has 5 rings (SSSR count). The number of hydrogen-bond donors (Lipinski definition) is 1. The maximum atomic E-state index is 14.4. The largest absolute Gasteiger partial charge is 0.453 e. The van der Waals surface area contributed by atoms with Gasteiger partial charge in [0.25, 0.3) is 0 Å². The van der Waals surface area contributed by atoms with E-state index in [0.717, 1.165) is 22.7 Å². The third-order valence-electron chi connectivity index (χ3n) is 4.55. The summed E-state index contributed by atoms with van der Waals surface area (Å²) in [4.78, 5) is 17.9. The number of para-hydroxylation sites is 1. The number of nitrogens with one attached hydrogen (secondary N) is 1. The number of halogens is 1. The van der Waals surface area contributed by atoms with Crippen LogP contribution in [0.4, 0.5) is 15.3 Å². The molecule has 0 saturated carbocycles. The second-order valence-corrected chi connectivity index (χ2v) is 9.78. The van der Waals surface area contributed by atoms with Gasteiger partial charge in [0.05, 0.1) is 5.52 Å². The first kappa shape index (κ1) is 20.2. The van der Waals surface area contributed by atoms with Crippen molar-refractivity contribution in [1.29, 1.82) is 0 Å². The Morgan fingerprint density at radius 2 is 1.91 bits per heavy atom. The minimum absolute atomic E-state index is 0.233. The number of anilines is 2. The lowest BCUT2D eigenvalue weighted by Crippen LogP contribution is -2.02. The van der Waals surface area contributed by atoms with Crippen LogP contribution in [0.2, 0.25) is 0 Å². The molecule has 160 valence electrons. The summed E-state index contributed by atoms with van der Waals surface area (Å²) >= 11 is 1.37. The highest BCUT2D eigenvalue weighted by Crippen LogP contribution is 2.35. The summed E-state index contributed by atoms with van der Waals surface area (Å²) in [5.74, 6) is -0.441. The third-order valence-corrected chi connectivity index (χ3v) is 6.56. The van der Waals surface area contributed by atoms with Gasteiger partial charge < -0.3 is 10.1 Å². The molecule has 0 aliphatic rings. The summed E-state index contributed by atoms with van der Waals surface area (Å²) < 4.78 is 44.2. The van der Waals surface area contributed by atoms with Crippen LogP contribution in [0.15, 0.2) is 66.0 Å². The second-order valence-electron chi connectivity index (χ2n) is 6.81. The Bertz CT molecular complexity index is 1550. The lowest BCUT2D eigenvalue weighted by Gasteiger charge is -2.12. The van der Waals surface area contributed by atoms with Crippen molar-refractivity contribution in [2.45, 2.75) is 4.90 Å². The highest BCUT2D eigenvalue weighted by Gasteiger charge is 2.19. The van der Waals surface area contributed by atoms with E-state index in [9.17, 15) is 12.8 Å². The Balaban J connectivity index is 1.55. The molecule has 0 bridgehead atoms. The number of nitrogens with zero attached hydrogens (tertiary/aromatic N) is 4. The van der Waals surface area contributed by atoms with Gasteiger partial charge in [-0.25, -0.2) is 32.7 Å². The standard InChI is InChI=1S/C21H14FN5O3S2/c1-32(28,29)17-6-2-4-14(22)18(17)30-12-7-8-15-13(10-12)19(25-11-24-15)27-21-26-16-5-3-9-23-20(16)31-21/h2-11H,1H3,(H,24,25,26,27). The number of thiazole rings is 1. The number of rotatable bonds is 5. The number of pyridine rings is 1. The zero-order valence-corrected chi connectivity index (χ0v) is 18.1. The summed E-state index contributed by atoms with van der Waals surface area (Å²) in [7, 11) is -3.70. The number of ether oxygens (including phenoxy) is 1. The van der Waals surface area contributed by atoms with E-state index in [-0.39, 0.29) is 16.4 Å². The molecule has 0 spiro atoms. The van der Waals surface area contributed by atoms with Gasteiger partial charge in [-0.2, -0.15) is 0 Å². The first-order valence-corrected chi connectivity index (χ1v) is 12.0. The Morgan fingerprint density at radius 3 is 2.72 bits per heavy atom. The molecule has 8 nitrogen and oxygen atoms in total. The second kappa shape index (κ2) is 7.77. The van der Waals surface area contributed by atoms with Crippen LogP contribution in [0.1, 0.15) is 0 Å². The van der Waals surface area contributed by atoms with Crippen LogP contribution in [0.25, 0.3) is 21.3 Å². The van der Waals surface area contributed by atoms with Gasteiger partial charge in [0.1, 0.15) is 33.1 Å². The van der Waals surface area contributed by atoms with Gasteiger partial charge in [0.15, 0.2) is 26.5 Å². The Kier molecular flexibility index (Phi) is 4.91. The van der Waals surface area contributed by atoms with Crippen LogP contribution in [0.3, 0.4) is 0 Å². The normalized spacial score (nSPS) is 11.7. The van der Waals surface area contributed by atoms with Crippen LogP contribution in [-0.4, -0.2) is 34.6 Å². The molecule has 3 heterocycles. The average molecular weight is 468 g/mol. The minimum Gasteiger partial charge on any atom is -0.453 e. The summed E-state index contributed by atoms with van der Waals surface area (Å²) in [5.41, 5.74) is 1.38. The molecule has 5 aromatic rings. The third kappa shape index (κ3) is 3.83. The quantitative estimate of drug-likeness (QED) is 0.396. The topological polar surface area (TPSA) is 107 Å². The van der Waals surface area contributed by atoms with Crippen molar-refractivity contribution in [2.75, 3.05) is 11.6 Å². The van der Waals surface area contributed by atoms with Gasteiger partial charge in [0, 0.05) is 17.8 Å². The molecular weight excluding hydrogens is 453 g/mol. The average Bonchev–Trinajstić information content (AvgIpc) is 3.17. The first-order chi connectivity index (χ1) is 15.4. The number of benzene rings is 2. The Hall–Kier alpha value is -3.70. The molecule has 0 atom stereocenters. The molecule has 2 aromatic carbocycles. The van der Waals surface area contributed by atoms with Gasteiger partial charge >= 0.3 is 0 Å². The van der Waals surface area contributed by atoms with Gasteiger partial charge in [-0.1, -0.05) is 17.4 Å². The van der Waals surface area contributed by atoms with E-state index in [1.807, 2.05) is 12.1 Å². The van der Waals surface area contributed by atoms with E-state index in [1.54, 1.807) is 24.4 Å². The molecule has 0 aliphatic carbocycles. The lowest BCUT2D eigenvalue weighted by atomic mass is 10.2. The molecule has 0 unspecified atom stereocenters. The molecular formula is C21H14FN5O3S2. The number of aromatic nitrogens is 4. The Labute approximate surface area is 185 Å². The van der Waals surface area contributed by atoms with Crippen LogP contribution in [-0.2, 0) is 9.84 Å². The SMILES string of the molecule is CS(=O)(=O)c1cccc(F)c1Oc1ccc2ncnc(Nc3nc4cccnc4s3)c2c1. The van der Waals surface area contributed by atoms with E-state index in [2.05, 4.69) is 25.3 Å². The predicted molar refractivity (Wildman–Crippen MR) is 120 cm³/mol. The number of fused-ring (bicyclic) bond motifs is 2. The molecule has 32 heavy (non-hydrogen) atoms. The van der Waals surface area contributed by atoms with Crippen molar-refractivity contribution < 1.29 is 17.5 Å². The van der Waals surface area contributed by atoms with E-state index >= 15 is 0 Å². The summed E-state index contributed by atoms with van der Waals surface area (Å²) in [6, 6.07) is 12.3. The molecule has 0 radical (unpaired) electrons. The van der Waals surface area contributed by atoms with E-state index in [0.29, 0.717) is 21.9 Å². The predicted octanol–water partition coefficient (Wildman–Crippen LogP) is 4.71.